The van der Waals surface area contributed by atoms with Crippen LogP contribution in [0.3, 0.4) is 0 Å². The van der Waals surface area contributed by atoms with Crippen molar-refractivity contribution in [2.45, 2.75) is 25.1 Å². The minimum Gasteiger partial charge on any atom is -0.352 e. The molecule has 4 rings (SSSR count). The number of benzene rings is 3. The van der Waals surface area contributed by atoms with E-state index < -0.39 is 10.0 Å². The second kappa shape index (κ2) is 9.51. The number of nitrogens with one attached hydrogen (secondary N) is 1. The summed E-state index contributed by atoms with van der Waals surface area (Å²) in [6, 6.07) is 21.6. The fourth-order valence-electron chi connectivity index (χ4n) is 4.10. The predicted molar refractivity (Wildman–Crippen MR) is 127 cm³/mol. The fraction of sp³-hybridized carbons (Fsp3) is 0.292. The minimum atomic E-state index is -3.40. The molecule has 7 heteroatoms. The van der Waals surface area contributed by atoms with E-state index >= 15 is 0 Å². The van der Waals surface area contributed by atoms with Gasteiger partial charge in [0.1, 0.15) is 0 Å². The van der Waals surface area contributed by atoms with Crippen LogP contribution in [0.15, 0.2) is 71.2 Å². The van der Waals surface area contributed by atoms with Gasteiger partial charge in [-0.15, -0.1) is 0 Å². The highest BCUT2D eigenvalue weighted by atomic mass is 79.9. The van der Waals surface area contributed by atoms with Gasteiger partial charge in [-0.2, -0.15) is 0 Å². The Morgan fingerprint density at radius 1 is 1.00 bits per heavy atom. The van der Waals surface area contributed by atoms with E-state index in [4.69, 9.17) is 0 Å². The first-order valence-corrected chi connectivity index (χ1v) is 12.8. The Labute approximate surface area is 191 Å². The topological polar surface area (TPSA) is 66.5 Å². The van der Waals surface area contributed by atoms with Crippen LogP contribution >= 0.6 is 15.9 Å². The van der Waals surface area contributed by atoms with Gasteiger partial charge in [0, 0.05) is 30.0 Å². The van der Waals surface area contributed by atoms with Gasteiger partial charge in [-0.05, 0) is 46.9 Å². The number of rotatable bonds is 6. The molecule has 1 heterocycles. The van der Waals surface area contributed by atoms with E-state index in [1.165, 1.54) is 4.31 Å². The van der Waals surface area contributed by atoms with Crippen molar-refractivity contribution >= 4 is 42.6 Å². The Morgan fingerprint density at radius 3 is 2.48 bits per heavy atom. The first-order valence-electron chi connectivity index (χ1n) is 10.4. The van der Waals surface area contributed by atoms with E-state index in [-0.39, 0.29) is 17.6 Å². The maximum absolute atomic E-state index is 12.8. The lowest BCUT2D eigenvalue weighted by Crippen LogP contribution is -2.43. The van der Waals surface area contributed by atoms with E-state index in [2.05, 4.69) is 39.4 Å². The average Bonchev–Trinajstić information content (AvgIpc) is 2.77. The molecule has 0 unspecified atom stereocenters. The van der Waals surface area contributed by atoms with Crippen LogP contribution in [0.5, 0.6) is 0 Å². The monoisotopic (exact) mass is 500 g/mol. The van der Waals surface area contributed by atoms with Crippen molar-refractivity contribution in [3.05, 3.63) is 82.3 Å². The summed E-state index contributed by atoms with van der Waals surface area (Å²) in [5.41, 5.74) is 1.84. The predicted octanol–water partition coefficient (Wildman–Crippen LogP) is 4.46. The summed E-state index contributed by atoms with van der Waals surface area (Å²) < 4.78 is 28.0. The number of amides is 1. The van der Waals surface area contributed by atoms with Gasteiger partial charge in [-0.25, -0.2) is 12.7 Å². The highest BCUT2D eigenvalue weighted by molar-refractivity contribution is 9.10. The summed E-state index contributed by atoms with van der Waals surface area (Å²) in [6.45, 7) is 1.23. The first-order chi connectivity index (χ1) is 14.9. The zero-order valence-corrected chi connectivity index (χ0v) is 19.5. The van der Waals surface area contributed by atoms with Gasteiger partial charge in [-0.3, -0.25) is 4.79 Å². The molecule has 5 nitrogen and oxygen atoms in total. The molecule has 1 saturated heterocycles. The van der Waals surface area contributed by atoms with Crippen molar-refractivity contribution in [2.24, 2.45) is 5.92 Å². The number of hydrogen-bond donors (Lipinski definition) is 1. The van der Waals surface area contributed by atoms with Crippen LogP contribution in [0, 0.1) is 5.92 Å². The highest BCUT2D eigenvalue weighted by Crippen LogP contribution is 2.23. The quantitative estimate of drug-likeness (QED) is 0.543. The normalized spacial score (nSPS) is 15.8. The number of carbonyl (C=O) groups is 1. The maximum atomic E-state index is 12.8. The van der Waals surface area contributed by atoms with E-state index in [1.807, 2.05) is 48.5 Å². The molecule has 0 atom stereocenters. The third-order valence-corrected chi connectivity index (χ3v) is 8.13. The molecule has 1 N–H and O–H groups in total. The van der Waals surface area contributed by atoms with Crippen molar-refractivity contribution in [1.29, 1.82) is 0 Å². The summed E-state index contributed by atoms with van der Waals surface area (Å²) >= 11 is 3.38. The molecular formula is C24H25BrN2O3S. The van der Waals surface area contributed by atoms with Gasteiger partial charge in [0.25, 0.3) is 0 Å². The van der Waals surface area contributed by atoms with Gasteiger partial charge in [0.05, 0.1) is 5.75 Å². The number of nitrogens with zero attached hydrogens (tertiary/aromatic N) is 1. The second-order valence-corrected chi connectivity index (χ2v) is 10.8. The van der Waals surface area contributed by atoms with Crippen LogP contribution in [0.2, 0.25) is 0 Å². The van der Waals surface area contributed by atoms with Gasteiger partial charge < -0.3 is 5.32 Å². The molecule has 1 amide bonds. The lowest BCUT2D eigenvalue weighted by molar-refractivity contribution is -0.126. The van der Waals surface area contributed by atoms with Crippen molar-refractivity contribution in [1.82, 2.24) is 9.62 Å². The lowest BCUT2D eigenvalue weighted by atomic mass is 9.97. The van der Waals surface area contributed by atoms with Crippen molar-refractivity contribution in [2.75, 3.05) is 13.1 Å². The van der Waals surface area contributed by atoms with Crippen LogP contribution in [-0.4, -0.2) is 31.7 Å². The summed E-state index contributed by atoms with van der Waals surface area (Å²) in [5.74, 6) is -0.186. The molecule has 3 aromatic carbocycles. The molecule has 0 aliphatic carbocycles. The van der Waals surface area contributed by atoms with Crippen LogP contribution in [-0.2, 0) is 27.1 Å². The van der Waals surface area contributed by atoms with Crippen molar-refractivity contribution in [3.8, 4) is 0 Å². The molecule has 1 aliphatic heterocycles. The molecule has 0 bridgehead atoms. The van der Waals surface area contributed by atoms with E-state index in [1.54, 1.807) is 0 Å². The van der Waals surface area contributed by atoms with E-state index in [9.17, 15) is 13.2 Å². The molecule has 0 aromatic heterocycles. The van der Waals surface area contributed by atoms with Gasteiger partial charge >= 0.3 is 0 Å². The standard InChI is InChI=1S/C24H25BrN2O3S/c25-22-9-3-5-18(15-22)17-31(29,30)27-13-11-20(12-14-27)24(28)26-16-21-8-4-7-19-6-1-2-10-23(19)21/h1-10,15,20H,11-14,16-17H2,(H,26,28). The first kappa shape index (κ1) is 22.0. The summed E-state index contributed by atoms with van der Waals surface area (Å²) in [5, 5.41) is 5.34. The van der Waals surface area contributed by atoms with E-state index in [0.717, 1.165) is 26.4 Å². The number of carbonyl (C=O) groups excluding carboxylic acids is 1. The smallest absolute Gasteiger partial charge is 0.223 e. The summed E-state index contributed by atoms with van der Waals surface area (Å²) in [6.07, 6.45) is 1.08. The van der Waals surface area contributed by atoms with Crippen LogP contribution in [0.4, 0.5) is 0 Å². The lowest BCUT2D eigenvalue weighted by Gasteiger charge is -2.30. The molecule has 1 aliphatic rings. The number of sulfonamides is 1. The number of fused-ring (bicyclic) bond motifs is 1. The minimum absolute atomic E-state index is 0.00280. The zero-order chi connectivity index (χ0) is 21.8. The molecule has 3 aromatic rings. The van der Waals surface area contributed by atoms with Gasteiger partial charge in [0.15, 0.2) is 0 Å². The third-order valence-electron chi connectivity index (χ3n) is 5.79. The Balaban J connectivity index is 1.32. The van der Waals surface area contributed by atoms with Gasteiger partial charge in [-0.1, -0.05) is 70.5 Å². The average molecular weight is 501 g/mol. The number of hydrogen-bond acceptors (Lipinski definition) is 3. The Kier molecular flexibility index (Phi) is 6.74. The van der Waals surface area contributed by atoms with Crippen LogP contribution in [0.25, 0.3) is 10.8 Å². The Hall–Kier alpha value is -2.22. The Morgan fingerprint density at radius 2 is 1.71 bits per heavy atom. The third kappa shape index (κ3) is 5.34. The molecule has 162 valence electrons. The molecule has 0 radical (unpaired) electrons. The van der Waals surface area contributed by atoms with E-state index in [0.29, 0.717) is 32.5 Å². The molecule has 0 saturated carbocycles. The molecule has 0 spiro atoms. The van der Waals surface area contributed by atoms with Crippen LogP contribution < -0.4 is 5.32 Å². The maximum Gasteiger partial charge on any atom is 0.223 e. The summed E-state index contributed by atoms with van der Waals surface area (Å²) in [7, 11) is -3.40. The molecule has 1 fully saturated rings. The van der Waals surface area contributed by atoms with Crippen LogP contribution in [0.1, 0.15) is 24.0 Å². The molecular weight excluding hydrogens is 476 g/mol. The van der Waals surface area contributed by atoms with Crippen molar-refractivity contribution < 1.29 is 13.2 Å². The highest BCUT2D eigenvalue weighted by Gasteiger charge is 2.31. The largest absolute Gasteiger partial charge is 0.352 e. The summed E-state index contributed by atoms with van der Waals surface area (Å²) in [4.78, 5) is 12.7. The SMILES string of the molecule is O=C(NCc1cccc2ccccc12)C1CCN(S(=O)(=O)Cc2cccc(Br)c2)CC1. The fourth-order valence-corrected chi connectivity index (χ4v) is 6.10. The zero-order valence-electron chi connectivity index (χ0n) is 17.1. The molecule has 31 heavy (non-hydrogen) atoms. The number of halogens is 1. The van der Waals surface area contributed by atoms with Gasteiger partial charge in [0.2, 0.25) is 15.9 Å². The second-order valence-electron chi connectivity index (χ2n) is 7.92. The number of piperidine rings is 1. The van der Waals surface area contributed by atoms with Crippen molar-refractivity contribution in [3.63, 3.8) is 0 Å². The Bertz CT molecular complexity index is 1180.